The van der Waals surface area contributed by atoms with E-state index in [0.717, 1.165) is 41.0 Å². The topological polar surface area (TPSA) is 84.0 Å². The van der Waals surface area contributed by atoms with Crippen LogP contribution in [0.4, 0.5) is 0 Å². The predicted molar refractivity (Wildman–Crippen MR) is 97.2 cm³/mol. The van der Waals surface area contributed by atoms with Gasteiger partial charge in [-0.1, -0.05) is 0 Å². The fourth-order valence-corrected chi connectivity index (χ4v) is 3.59. The van der Waals surface area contributed by atoms with Crippen LogP contribution in [0.15, 0.2) is 24.3 Å². The predicted octanol–water partition coefficient (Wildman–Crippen LogP) is 2.96. The number of carbonyl (C=O) groups excluding carboxylic acids is 1. The van der Waals surface area contributed by atoms with Crippen LogP contribution >= 0.6 is 0 Å². The third kappa shape index (κ3) is 2.79. The highest BCUT2D eigenvalue weighted by atomic mass is 16.5. The van der Waals surface area contributed by atoms with Gasteiger partial charge in [-0.15, -0.1) is 0 Å². The molecule has 3 heterocycles. The number of hydrogen-bond acceptors (Lipinski definition) is 5. The number of rotatable bonds is 3. The molecule has 0 spiro atoms. The lowest BCUT2D eigenvalue weighted by molar-refractivity contribution is 0.0732. The molecule has 2 aromatic heterocycles. The van der Waals surface area contributed by atoms with E-state index < -0.39 is 0 Å². The summed E-state index contributed by atoms with van der Waals surface area (Å²) in [6, 6.07) is 7.38. The number of nitrogens with zero attached hydrogens (tertiary/aromatic N) is 4. The van der Waals surface area contributed by atoms with Crippen LogP contribution in [-0.4, -0.2) is 44.6 Å². The molecule has 0 bridgehead atoms. The van der Waals surface area contributed by atoms with E-state index in [2.05, 4.69) is 20.2 Å². The molecule has 3 aromatic rings. The molecule has 1 aliphatic heterocycles. The van der Waals surface area contributed by atoms with Gasteiger partial charge in [-0.2, -0.15) is 5.10 Å². The van der Waals surface area contributed by atoms with Crippen LogP contribution < -0.4 is 4.74 Å². The minimum absolute atomic E-state index is 0.00406. The molecule has 1 fully saturated rings. The van der Waals surface area contributed by atoms with E-state index >= 15 is 0 Å². The number of fused-ring (bicyclic) bond motifs is 1. The number of pyridine rings is 1. The van der Waals surface area contributed by atoms with Gasteiger partial charge in [0, 0.05) is 23.7 Å². The van der Waals surface area contributed by atoms with Gasteiger partial charge in [-0.3, -0.25) is 14.9 Å². The van der Waals surface area contributed by atoms with E-state index in [0.29, 0.717) is 17.9 Å². The van der Waals surface area contributed by atoms with Crippen molar-refractivity contribution in [3.8, 4) is 5.75 Å². The minimum atomic E-state index is -0.0887. The van der Waals surface area contributed by atoms with Crippen molar-refractivity contribution in [1.82, 2.24) is 25.1 Å². The zero-order valence-corrected chi connectivity index (χ0v) is 15.1. The maximum atomic E-state index is 13.4. The van der Waals surface area contributed by atoms with Gasteiger partial charge in [0.1, 0.15) is 11.6 Å². The third-order valence-corrected chi connectivity index (χ3v) is 4.80. The lowest BCUT2D eigenvalue weighted by Crippen LogP contribution is -2.31. The summed E-state index contributed by atoms with van der Waals surface area (Å²) in [4.78, 5) is 24.2. The van der Waals surface area contributed by atoms with E-state index in [1.54, 1.807) is 7.11 Å². The van der Waals surface area contributed by atoms with Crippen LogP contribution in [0.1, 0.15) is 46.6 Å². The van der Waals surface area contributed by atoms with Crippen molar-refractivity contribution >= 4 is 16.8 Å². The molecule has 1 N–H and O–H groups in total. The van der Waals surface area contributed by atoms with Crippen molar-refractivity contribution in [2.75, 3.05) is 13.7 Å². The second-order valence-electron chi connectivity index (χ2n) is 6.63. The average Bonchev–Trinajstić information content (AvgIpc) is 3.28. The van der Waals surface area contributed by atoms with Gasteiger partial charge in [0.2, 0.25) is 0 Å². The van der Waals surface area contributed by atoms with Gasteiger partial charge in [0.15, 0.2) is 5.82 Å². The van der Waals surface area contributed by atoms with Gasteiger partial charge >= 0.3 is 0 Å². The quantitative estimate of drug-likeness (QED) is 0.784. The molecule has 1 atom stereocenters. The molecule has 26 heavy (non-hydrogen) atoms. The maximum Gasteiger partial charge on any atom is 0.255 e. The summed E-state index contributed by atoms with van der Waals surface area (Å²) < 4.78 is 5.28. The molecule has 7 heteroatoms. The van der Waals surface area contributed by atoms with E-state index in [1.807, 2.05) is 43.0 Å². The molecule has 134 valence electrons. The van der Waals surface area contributed by atoms with Crippen molar-refractivity contribution in [2.24, 2.45) is 0 Å². The summed E-state index contributed by atoms with van der Waals surface area (Å²) in [7, 11) is 1.62. The molecular weight excluding hydrogens is 330 g/mol. The fraction of sp³-hybridized carbons (Fsp3) is 0.368. The van der Waals surface area contributed by atoms with Crippen LogP contribution in [0.3, 0.4) is 0 Å². The number of carbonyl (C=O) groups is 1. The number of nitrogens with one attached hydrogen (secondary N) is 1. The number of likely N-dealkylation sites (tertiary alicyclic amines) is 1. The first kappa shape index (κ1) is 16.5. The van der Waals surface area contributed by atoms with Gasteiger partial charge in [0.25, 0.3) is 5.91 Å². The van der Waals surface area contributed by atoms with E-state index in [-0.39, 0.29) is 11.9 Å². The zero-order valence-electron chi connectivity index (χ0n) is 15.1. The fourth-order valence-electron chi connectivity index (χ4n) is 3.59. The smallest absolute Gasteiger partial charge is 0.255 e. The second kappa shape index (κ2) is 6.40. The first-order valence-corrected chi connectivity index (χ1v) is 8.72. The molecule has 1 aromatic carbocycles. The molecule has 1 amide bonds. The van der Waals surface area contributed by atoms with E-state index in [4.69, 9.17) is 4.74 Å². The molecule has 7 nitrogen and oxygen atoms in total. The van der Waals surface area contributed by atoms with Crippen molar-refractivity contribution in [3.63, 3.8) is 0 Å². The molecular formula is C19H21N5O2. The Hall–Kier alpha value is -2.96. The Balaban J connectivity index is 1.75. The van der Waals surface area contributed by atoms with Crippen LogP contribution in [0, 0.1) is 13.8 Å². The third-order valence-electron chi connectivity index (χ3n) is 4.80. The number of ether oxygens (including phenoxy) is 1. The first-order chi connectivity index (χ1) is 12.6. The molecule has 0 saturated carbocycles. The second-order valence-corrected chi connectivity index (χ2v) is 6.63. The lowest BCUT2D eigenvalue weighted by Gasteiger charge is -2.23. The SMILES string of the molecule is COc1ccc2c(C(=O)N3CCC[C@@H]3c3n[nH]c(C)n3)cc(C)nc2c1. The Morgan fingerprint density at radius 1 is 1.27 bits per heavy atom. The number of aromatic nitrogens is 4. The van der Waals surface area contributed by atoms with Crippen LogP contribution in [0.5, 0.6) is 5.75 Å². The summed E-state index contributed by atoms with van der Waals surface area (Å²) in [6.45, 7) is 4.47. The maximum absolute atomic E-state index is 13.4. The Kier molecular flexibility index (Phi) is 4.06. The number of methoxy groups -OCH3 is 1. The standard InChI is InChI=1S/C19H21N5O2/c1-11-9-15(14-7-6-13(26-3)10-16(14)20-11)19(25)24-8-4-5-17(24)18-21-12(2)22-23-18/h6-7,9-10,17H,4-5,8H2,1-3H3,(H,21,22,23)/t17-/m1/s1. The number of amides is 1. The minimum Gasteiger partial charge on any atom is -0.497 e. The van der Waals surface area contributed by atoms with Crippen molar-refractivity contribution < 1.29 is 9.53 Å². The van der Waals surface area contributed by atoms with Gasteiger partial charge < -0.3 is 9.64 Å². The Morgan fingerprint density at radius 3 is 2.85 bits per heavy atom. The lowest BCUT2D eigenvalue weighted by atomic mass is 10.1. The molecule has 1 saturated heterocycles. The number of benzene rings is 1. The highest BCUT2D eigenvalue weighted by Gasteiger charge is 2.34. The summed E-state index contributed by atoms with van der Waals surface area (Å²) in [5, 5.41) is 7.97. The molecule has 1 aliphatic rings. The average molecular weight is 351 g/mol. The van der Waals surface area contributed by atoms with Gasteiger partial charge in [-0.05, 0) is 44.9 Å². The highest BCUT2D eigenvalue weighted by Crippen LogP contribution is 2.33. The monoisotopic (exact) mass is 351 g/mol. The Morgan fingerprint density at radius 2 is 2.12 bits per heavy atom. The Bertz CT molecular complexity index is 981. The zero-order chi connectivity index (χ0) is 18.3. The van der Waals surface area contributed by atoms with Crippen LogP contribution in [0.2, 0.25) is 0 Å². The highest BCUT2D eigenvalue weighted by molar-refractivity contribution is 6.06. The van der Waals surface area contributed by atoms with Crippen LogP contribution in [-0.2, 0) is 0 Å². The largest absolute Gasteiger partial charge is 0.497 e. The molecule has 0 unspecified atom stereocenters. The first-order valence-electron chi connectivity index (χ1n) is 8.72. The Labute approximate surface area is 151 Å². The molecule has 0 radical (unpaired) electrons. The number of aryl methyl sites for hydroxylation is 2. The summed E-state index contributed by atoms with van der Waals surface area (Å²) >= 11 is 0. The number of aromatic amines is 1. The van der Waals surface area contributed by atoms with Crippen molar-refractivity contribution in [2.45, 2.75) is 32.7 Å². The van der Waals surface area contributed by atoms with Gasteiger partial charge in [-0.25, -0.2) is 4.98 Å². The number of hydrogen-bond donors (Lipinski definition) is 1. The van der Waals surface area contributed by atoms with Gasteiger partial charge in [0.05, 0.1) is 24.2 Å². The summed E-state index contributed by atoms with van der Waals surface area (Å²) in [6.07, 6.45) is 1.82. The molecule has 0 aliphatic carbocycles. The van der Waals surface area contributed by atoms with E-state index in [1.165, 1.54) is 0 Å². The van der Waals surface area contributed by atoms with Crippen molar-refractivity contribution in [3.05, 3.63) is 47.2 Å². The normalized spacial score (nSPS) is 17.0. The summed E-state index contributed by atoms with van der Waals surface area (Å²) in [5.41, 5.74) is 2.23. The number of H-pyrrole nitrogens is 1. The molecule has 4 rings (SSSR count). The van der Waals surface area contributed by atoms with Crippen molar-refractivity contribution in [1.29, 1.82) is 0 Å². The summed E-state index contributed by atoms with van der Waals surface area (Å²) in [5.74, 6) is 2.17. The van der Waals surface area contributed by atoms with E-state index in [9.17, 15) is 4.79 Å². The van der Waals surface area contributed by atoms with Crippen LogP contribution in [0.25, 0.3) is 10.9 Å².